The number of nitrogens with one attached hydrogen (secondary N) is 1. The van der Waals surface area contributed by atoms with Crippen molar-refractivity contribution in [3.63, 3.8) is 0 Å². The summed E-state index contributed by atoms with van der Waals surface area (Å²) in [5.74, 6) is 1.28. The second-order valence-electron chi connectivity index (χ2n) is 6.87. The highest BCUT2D eigenvalue weighted by molar-refractivity contribution is 7.15. The third kappa shape index (κ3) is 4.46. The standard InChI is InChI=1S/C22H22N4O2S/c1-15-7-9-18(10-8-15)28-13-20(27)23-12-11-17-14-29-22-24-21(25-26(17)22)19-6-4-3-5-16(19)2/h3-10,14H,11-13H2,1-2H3,(H,23,27). The molecule has 0 saturated carbocycles. The van der Waals surface area contributed by atoms with E-state index in [0.29, 0.717) is 18.7 Å². The van der Waals surface area contributed by atoms with Gasteiger partial charge in [-0.05, 0) is 31.5 Å². The van der Waals surface area contributed by atoms with Crippen LogP contribution >= 0.6 is 11.3 Å². The minimum absolute atomic E-state index is 0.00284. The van der Waals surface area contributed by atoms with Crippen LogP contribution in [0.25, 0.3) is 16.3 Å². The number of aryl methyl sites for hydroxylation is 2. The lowest BCUT2D eigenvalue weighted by Gasteiger charge is -2.07. The maximum absolute atomic E-state index is 12.0. The molecule has 29 heavy (non-hydrogen) atoms. The summed E-state index contributed by atoms with van der Waals surface area (Å²) in [6, 6.07) is 15.7. The van der Waals surface area contributed by atoms with Gasteiger partial charge in [0.15, 0.2) is 12.4 Å². The van der Waals surface area contributed by atoms with Crippen LogP contribution in [0.4, 0.5) is 0 Å². The molecule has 0 aliphatic carbocycles. The van der Waals surface area contributed by atoms with Crippen LogP contribution in [0.2, 0.25) is 0 Å². The van der Waals surface area contributed by atoms with Crippen LogP contribution in [0.15, 0.2) is 53.9 Å². The van der Waals surface area contributed by atoms with Crippen LogP contribution in [-0.2, 0) is 11.2 Å². The van der Waals surface area contributed by atoms with Gasteiger partial charge in [0.05, 0.1) is 5.69 Å². The van der Waals surface area contributed by atoms with Crippen LogP contribution < -0.4 is 10.1 Å². The van der Waals surface area contributed by atoms with E-state index in [1.54, 1.807) is 11.3 Å². The predicted molar refractivity (Wildman–Crippen MR) is 114 cm³/mol. The maximum Gasteiger partial charge on any atom is 0.257 e. The van der Waals surface area contributed by atoms with E-state index in [0.717, 1.165) is 33.2 Å². The number of carbonyl (C=O) groups excluding carboxylic acids is 1. The fraction of sp³-hybridized carbons (Fsp3) is 0.227. The number of thiazole rings is 1. The van der Waals surface area contributed by atoms with E-state index >= 15 is 0 Å². The quantitative estimate of drug-likeness (QED) is 0.507. The fourth-order valence-electron chi connectivity index (χ4n) is 3.00. The van der Waals surface area contributed by atoms with Crippen LogP contribution in [-0.4, -0.2) is 33.7 Å². The average Bonchev–Trinajstić information content (AvgIpc) is 3.29. The number of hydrogen-bond donors (Lipinski definition) is 1. The summed E-state index contributed by atoms with van der Waals surface area (Å²) >= 11 is 1.55. The van der Waals surface area contributed by atoms with E-state index < -0.39 is 0 Å². The molecule has 2 aromatic heterocycles. The number of fused-ring (bicyclic) bond motifs is 1. The number of nitrogens with zero attached hydrogens (tertiary/aromatic N) is 3. The molecule has 0 bridgehead atoms. The molecule has 0 fully saturated rings. The van der Waals surface area contributed by atoms with E-state index in [2.05, 4.69) is 28.4 Å². The number of rotatable bonds is 7. The van der Waals surface area contributed by atoms with Gasteiger partial charge in [-0.3, -0.25) is 4.79 Å². The summed E-state index contributed by atoms with van der Waals surface area (Å²) in [7, 11) is 0. The lowest BCUT2D eigenvalue weighted by molar-refractivity contribution is -0.123. The molecule has 0 saturated heterocycles. The van der Waals surface area contributed by atoms with Gasteiger partial charge in [0.2, 0.25) is 4.96 Å². The van der Waals surface area contributed by atoms with Crippen LogP contribution in [0.1, 0.15) is 16.8 Å². The van der Waals surface area contributed by atoms with Crippen molar-refractivity contribution in [1.29, 1.82) is 0 Å². The molecule has 0 aliphatic heterocycles. The Morgan fingerprint density at radius 2 is 1.93 bits per heavy atom. The normalized spacial score (nSPS) is 11.0. The van der Waals surface area contributed by atoms with Crippen molar-refractivity contribution in [3.8, 4) is 17.1 Å². The van der Waals surface area contributed by atoms with E-state index in [9.17, 15) is 4.79 Å². The van der Waals surface area contributed by atoms with Crippen molar-refractivity contribution < 1.29 is 9.53 Å². The summed E-state index contributed by atoms with van der Waals surface area (Å²) in [6.45, 7) is 4.58. The first-order valence-corrected chi connectivity index (χ1v) is 10.3. The van der Waals surface area contributed by atoms with Crippen molar-refractivity contribution in [2.75, 3.05) is 13.2 Å². The first-order chi connectivity index (χ1) is 14.1. The molecule has 0 spiro atoms. The zero-order valence-corrected chi connectivity index (χ0v) is 17.2. The Morgan fingerprint density at radius 3 is 2.72 bits per heavy atom. The first kappa shape index (κ1) is 19.1. The smallest absolute Gasteiger partial charge is 0.257 e. The second-order valence-corrected chi connectivity index (χ2v) is 7.71. The maximum atomic E-state index is 12.0. The van der Waals surface area contributed by atoms with Gasteiger partial charge in [-0.1, -0.05) is 42.0 Å². The zero-order chi connectivity index (χ0) is 20.2. The molecule has 2 aromatic carbocycles. The first-order valence-electron chi connectivity index (χ1n) is 9.45. The molecule has 0 radical (unpaired) electrons. The summed E-state index contributed by atoms with van der Waals surface area (Å²) in [4.78, 5) is 17.5. The van der Waals surface area contributed by atoms with E-state index in [-0.39, 0.29) is 12.5 Å². The zero-order valence-electron chi connectivity index (χ0n) is 16.4. The summed E-state index contributed by atoms with van der Waals surface area (Å²) in [5, 5.41) is 9.59. The van der Waals surface area contributed by atoms with Gasteiger partial charge in [0.25, 0.3) is 5.91 Å². The van der Waals surface area contributed by atoms with Gasteiger partial charge >= 0.3 is 0 Å². The molecule has 1 N–H and O–H groups in total. The molecule has 4 rings (SSSR count). The van der Waals surface area contributed by atoms with Gasteiger partial charge in [-0.25, -0.2) is 4.52 Å². The van der Waals surface area contributed by atoms with Gasteiger partial charge in [-0.2, -0.15) is 4.98 Å². The molecular formula is C22H22N4O2S. The van der Waals surface area contributed by atoms with Gasteiger partial charge < -0.3 is 10.1 Å². The highest BCUT2D eigenvalue weighted by Gasteiger charge is 2.13. The van der Waals surface area contributed by atoms with Crippen molar-refractivity contribution in [1.82, 2.24) is 19.9 Å². The third-order valence-corrected chi connectivity index (χ3v) is 5.50. The average molecular weight is 407 g/mol. The number of carbonyl (C=O) groups is 1. The fourth-order valence-corrected chi connectivity index (χ4v) is 3.86. The largest absolute Gasteiger partial charge is 0.484 e. The highest BCUT2D eigenvalue weighted by atomic mass is 32.1. The van der Waals surface area contributed by atoms with Crippen LogP contribution in [0.5, 0.6) is 5.75 Å². The molecule has 0 aliphatic rings. The summed E-state index contributed by atoms with van der Waals surface area (Å²) < 4.78 is 7.37. The predicted octanol–water partition coefficient (Wildman–Crippen LogP) is 3.81. The molecule has 4 aromatic rings. The van der Waals surface area contributed by atoms with Crippen molar-refractivity contribution in [2.45, 2.75) is 20.3 Å². The minimum Gasteiger partial charge on any atom is -0.484 e. The topological polar surface area (TPSA) is 68.5 Å². The Bertz CT molecular complexity index is 1130. The van der Waals surface area contributed by atoms with Gasteiger partial charge in [0.1, 0.15) is 5.75 Å². The molecule has 148 valence electrons. The number of ether oxygens (including phenoxy) is 1. The lowest BCUT2D eigenvalue weighted by atomic mass is 10.1. The molecular weight excluding hydrogens is 384 g/mol. The summed E-state index contributed by atoms with van der Waals surface area (Å²) in [6.07, 6.45) is 0.673. The number of hydrogen-bond acceptors (Lipinski definition) is 5. The van der Waals surface area contributed by atoms with Gasteiger partial charge in [0, 0.05) is 23.9 Å². The number of aromatic nitrogens is 3. The van der Waals surface area contributed by atoms with E-state index in [1.165, 1.54) is 0 Å². The monoisotopic (exact) mass is 406 g/mol. The second kappa shape index (κ2) is 8.45. The van der Waals surface area contributed by atoms with Crippen molar-refractivity contribution in [3.05, 3.63) is 70.7 Å². The van der Waals surface area contributed by atoms with E-state index in [4.69, 9.17) is 4.74 Å². The number of amides is 1. The van der Waals surface area contributed by atoms with Crippen molar-refractivity contribution >= 4 is 22.2 Å². The Kier molecular flexibility index (Phi) is 5.57. The Labute approximate surface area is 173 Å². The number of benzene rings is 2. The third-order valence-electron chi connectivity index (χ3n) is 4.63. The molecule has 0 atom stereocenters. The van der Waals surface area contributed by atoms with Crippen LogP contribution in [0.3, 0.4) is 0 Å². The molecule has 2 heterocycles. The minimum atomic E-state index is -0.142. The molecule has 0 unspecified atom stereocenters. The SMILES string of the molecule is Cc1ccc(OCC(=O)NCCc2csc3nc(-c4ccccc4C)nn23)cc1. The molecule has 7 heteroatoms. The van der Waals surface area contributed by atoms with Gasteiger partial charge in [-0.15, -0.1) is 16.4 Å². The lowest BCUT2D eigenvalue weighted by Crippen LogP contribution is -2.30. The Morgan fingerprint density at radius 1 is 1.14 bits per heavy atom. The van der Waals surface area contributed by atoms with E-state index in [1.807, 2.05) is 59.3 Å². The summed E-state index contributed by atoms with van der Waals surface area (Å²) in [5.41, 5.74) is 4.36. The molecule has 1 amide bonds. The Balaban J connectivity index is 1.33. The molecule has 6 nitrogen and oxygen atoms in total. The Hall–Kier alpha value is -3.19. The highest BCUT2D eigenvalue weighted by Crippen LogP contribution is 2.23. The van der Waals surface area contributed by atoms with Crippen LogP contribution in [0, 0.1) is 13.8 Å². The van der Waals surface area contributed by atoms with Crippen molar-refractivity contribution in [2.24, 2.45) is 0 Å².